The van der Waals surface area contributed by atoms with Crippen LogP contribution in [0.3, 0.4) is 0 Å². The minimum atomic E-state index is -0.237. The smallest absolute Gasteiger partial charge is 0.277 e. The van der Waals surface area contributed by atoms with Crippen molar-refractivity contribution in [3.8, 4) is 28.4 Å². The van der Waals surface area contributed by atoms with E-state index < -0.39 is 0 Å². The van der Waals surface area contributed by atoms with E-state index in [2.05, 4.69) is 15.2 Å². The second-order valence-electron chi connectivity index (χ2n) is 7.19. The predicted molar refractivity (Wildman–Crippen MR) is 125 cm³/mol. The maximum atomic E-state index is 13.0. The van der Waals surface area contributed by atoms with Gasteiger partial charge in [0.25, 0.3) is 5.56 Å². The Hall–Kier alpha value is -3.62. The lowest BCUT2D eigenvalue weighted by molar-refractivity contribution is 0.340. The van der Waals surface area contributed by atoms with Gasteiger partial charge in [-0.2, -0.15) is 10.1 Å². The second kappa shape index (κ2) is 8.73. The van der Waals surface area contributed by atoms with Crippen LogP contribution in [0.25, 0.3) is 28.2 Å². The molecule has 2 aromatic carbocycles. The van der Waals surface area contributed by atoms with Crippen LogP contribution in [0.4, 0.5) is 0 Å². The molecule has 0 saturated carbocycles. The molecule has 0 N–H and O–H groups in total. The molecule has 0 amide bonds. The Kier molecular flexibility index (Phi) is 5.62. The zero-order chi connectivity index (χ0) is 22.9. The number of nitrogens with zero attached hydrogens (tertiary/aromatic N) is 5. The van der Waals surface area contributed by atoms with Gasteiger partial charge in [0, 0.05) is 28.5 Å². The van der Waals surface area contributed by atoms with Crippen LogP contribution >= 0.6 is 23.2 Å². The highest BCUT2D eigenvalue weighted by atomic mass is 35.5. The third-order valence-electron chi connectivity index (χ3n) is 5.01. The van der Waals surface area contributed by atoms with Crippen molar-refractivity contribution in [2.75, 3.05) is 6.61 Å². The number of hydrogen-bond donors (Lipinski definition) is 0. The van der Waals surface area contributed by atoms with Gasteiger partial charge in [-0.25, -0.2) is 4.52 Å². The fraction of sp³-hybridized carbons (Fsp3) is 0.130. The number of aromatic nitrogens is 5. The minimum Gasteiger partial charge on any atom is -0.492 e. The molecule has 10 heteroatoms. The SMILES string of the molecule is CCOc1ccc(-c2cc3c(=O)n(Cc4nc(-c5ccc(Cl)cc5)no4)ccn3n2)cc1Cl. The van der Waals surface area contributed by atoms with Crippen molar-refractivity contribution < 1.29 is 9.26 Å². The predicted octanol–water partition coefficient (Wildman–Crippen LogP) is 4.97. The Bertz CT molecular complexity index is 1510. The molecule has 3 aromatic heterocycles. The van der Waals surface area contributed by atoms with Gasteiger partial charge >= 0.3 is 0 Å². The highest BCUT2D eigenvalue weighted by Gasteiger charge is 2.14. The second-order valence-corrected chi connectivity index (χ2v) is 8.03. The van der Waals surface area contributed by atoms with Crippen LogP contribution in [-0.2, 0) is 6.54 Å². The summed E-state index contributed by atoms with van der Waals surface area (Å²) in [6.45, 7) is 2.55. The third kappa shape index (κ3) is 4.22. The van der Waals surface area contributed by atoms with Crippen molar-refractivity contribution in [2.24, 2.45) is 0 Å². The summed E-state index contributed by atoms with van der Waals surface area (Å²) in [6, 6.07) is 14.2. The van der Waals surface area contributed by atoms with Gasteiger partial charge in [-0.3, -0.25) is 4.79 Å². The molecule has 0 aliphatic rings. The number of benzene rings is 2. The Morgan fingerprint density at radius 2 is 1.82 bits per heavy atom. The summed E-state index contributed by atoms with van der Waals surface area (Å²) >= 11 is 12.2. The molecule has 0 atom stereocenters. The molecular formula is C23H17Cl2N5O3. The van der Waals surface area contributed by atoms with E-state index in [9.17, 15) is 4.79 Å². The number of halogens is 2. The Morgan fingerprint density at radius 3 is 2.58 bits per heavy atom. The van der Waals surface area contributed by atoms with Crippen molar-refractivity contribution in [2.45, 2.75) is 13.5 Å². The lowest BCUT2D eigenvalue weighted by atomic mass is 10.1. The third-order valence-corrected chi connectivity index (χ3v) is 5.55. The van der Waals surface area contributed by atoms with Gasteiger partial charge in [0.2, 0.25) is 11.7 Å². The van der Waals surface area contributed by atoms with Crippen LogP contribution in [0.2, 0.25) is 10.0 Å². The van der Waals surface area contributed by atoms with Gasteiger partial charge in [0.1, 0.15) is 17.8 Å². The maximum absolute atomic E-state index is 13.0. The van der Waals surface area contributed by atoms with Crippen LogP contribution in [0.1, 0.15) is 12.8 Å². The molecule has 0 saturated heterocycles. The zero-order valence-electron chi connectivity index (χ0n) is 17.4. The molecule has 0 spiro atoms. The largest absolute Gasteiger partial charge is 0.492 e. The molecule has 0 aliphatic carbocycles. The van der Waals surface area contributed by atoms with Crippen molar-refractivity contribution >= 4 is 28.7 Å². The average Bonchev–Trinajstić information content (AvgIpc) is 3.46. The molecule has 5 rings (SSSR count). The first kappa shape index (κ1) is 21.2. The Labute approximate surface area is 197 Å². The van der Waals surface area contributed by atoms with E-state index in [0.29, 0.717) is 45.3 Å². The van der Waals surface area contributed by atoms with Crippen LogP contribution in [-0.4, -0.2) is 30.9 Å². The highest BCUT2D eigenvalue weighted by Crippen LogP contribution is 2.30. The van der Waals surface area contributed by atoms with Crippen molar-refractivity contribution in [3.63, 3.8) is 0 Å². The van der Waals surface area contributed by atoms with Crippen LogP contribution < -0.4 is 10.3 Å². The standard InChI is InChI=1S/C23H17Cl2N5O3/c1-2-32-20-8-5-15(11-17(20)25)18-12-19-23(31)29(9-10-30(19)27-18)13-21-26-22(28-33-21)14-3-6-16(24)7-4-14/h3-12H,2,13H2,1H3. The number of ether oxygens (including phenoxy) is 1. The van der Waals surface area contributed by atoms with Gasteiger partial charge in [-0.15, -0.1) is 0 Å². The summed E-state index contributed by atoms with van der Waals surface area (Å²) in [7, 11) is 0. The van der Waals surface area contributed by atoms with Gasteiger partial charge in [0.05, 0.1) is 17.3 Å². The van der Waals surface area contributed by atoms with Crippen molar-refractivity contribution in [3.05, 3.63) is 87.2 Å². The van der Waals surface area contributed by atoms with Gasteiger partial charge in [0.15, 0.2) is 0 Å². The average molecular weight is 482 g/mol. The topological polar surface area (TPSA) is 87.5 Å². The molecule has 0 fully saturated rings. The summed E-state index contributed by atoms with van der Waals surface area (Å²) in [6.07, 6.45) is 3.33. The molecule has 0 radical (unpaired) electrons. The lowest BCUT2D eigenvalue weighted by Crippen LogP contribution is -2.21. The molecule has 33 heavy (non-hydrogen) atoms. The molecule has 5 aromatic rings. The summed E-state index contributed by atoms with van der Waals surface area (Å²) < 4.78 is 13.8. The van der Waals surface area contributed by atoms with E-state index in [4.69, 9.17) is 32.5 Å². The molecule has 0 unspecified atom stereocenters. The van der Waals surface area contributed by atoms with Crippen LogP contribution in [0.5, 0.6) is 5.75 Å². The van der Waals surface area contributed by atoms with E-state index in [-0.39, 0.29) is 12.1 Å². The summed E-state index contributed by atoms with van der Waals surface area (Å²) in [5.41, 5.74) is 2.35. The minimum absolute atomic E-state index is 0.130. The van der Waals surface area contributed by atoms with E-state index >= 15 is 0 Å². The zero-order valence-corrected chi connectivity index (χ0v) is 18.9. The van der Waals surface area contributed by atoms with Crippen LogP contribution in [0, 0.1) is 0 Å². The van der Waals surface area contributed by atoms with Gasteiger partial charge in [-0.1, -0.05) is 28.4 Å². The Balaban J connectivity index is 1.43. The molecular weight excluding hydrogens is 465 g/mol. The molecule has 8 nitrogen and oxygen atoms in total. The molecule has 3 heterocycles. The quantitative estimate of drug-likeness (QED) is 0.340. The molecule has 166 valence electrons. The van der Waals surface area contributed by atoms with E-state index in [0.717, 1.165) is 11.1 Å². The first-order valence-electron chi connectivity index (χ1n) is 10.1. The van der Waals surface area contributed by atoms with Crippen molar-refractivity contribution in [1.82, 2.24) is 24.3 Å². The molecule has 0 bridgehead atoms. The number of rotatable bonds is 6. The Morgan fingerprint density at radius 1 is 1.03 bits per heavy atom. The molecule has 0 aliphatic heterocycles. The van der Waals surface area contributed by atoms with Gasteiger partial charge in [-0.05, 0) is 55.5 Å². The van der Waals surface area contributed by atoms with E-state index in [1.165, 1.54) is 9.08 Å². The highest BCUT2D eigenvalue weighted by molar-refractivity contribution is 6.32. The summed E-state index contributed by atoms with van der Waals surface area (Å²) in [5.74, 6) is 1.34. The van der Waals surface area contributed by atoms with Crippen LogP contribution in [0.15, 0.2) is 70.2 Å². The van der Waals surface area contributed by atoms with Crippen molar-refractivity contribution in [1.29, 1.82) is 0 Å². The van der Waals surface area contributed by atoms with E-state index in [1.807, 2.05) is 13.0 Å². The van der Waals surface area contributed by atoms with Gasteiger partial charge < -0.3 is 13.8 Å². The lowest BCUT2D eigenvalue weighted by Gasteiger charge is -2.06. The fourth-order valence-corrected chi connectivity index (χ4v) is 3.77. The normalized spacial score (nSPS) is 11.2. The van der Waals surface area contributed by atoms with E-state index in [1.54, 1.807) is 54.9 Å². The number of hydrogen-bond acceptors (Lipinski definition) is 6. The first-order chi connectivity index (χ1) is 16.0. The summed E-state index contributed by atoms with van der Waals surface area (Å²) in [5, 5.41) is 9.60. The summed E-state index contributed by atoms with van der Waals surface area (Å²) in [4.78, 5) is 17.4. The number of fused-ring (bicyclic) bond motifs is 1. The monoisotopic (exact) mass is 481 g/mol. The fourth-order valence-electron chi connectivity index (χ4n) is 3.41. The first-order valence-corrected chi connectivity index (χ1v) is 10.9. The maximum Gasteiger partial charge on any atom is 0.277 e.